The lowest BCUT2D eigenvalue weighted by molar-refractivity contribution is -0.870. The second kappa shape index (κ2) is 56.2. The van der Waals surface area contributed by atoms with Gasteiger partial charge in [-0.1, -0.05) is 234 Å². The summed E-state index contributed by atoms with van der Waals surface area (Å²) < 4.78 is 30.7. The van der Waals surface area contributed by atoms with Crippen molar-refractivity contribution in [3.8, 4) is 0 Å². The van der Waals surface area contributed by atoms with Crippen LogP contribution in [0.15, 0.2) is 97.2 Å². The smallest absolute Gasteiger partial charge is 0.456 e. The summed E-state index contributed by atoms with van der Waals surface area (Å²) in [6, 6.07) is -0.869. The van der Waals surface area contributed by atoms with E-state index in [2.05, 4.69) is 111 Å². The lowest BCUT2D eigenvalue weighted by Crippen LogP contribution is -2.47. The lowest BCUT2D eigenvalue weighted by Gasteiger charge is -2.27. The summed E-state index contributed by atoms with van der Waals surface area (Å²) in [7, 11) is 1.46. The van der Waals surface area contributed by atoms with Gasteiger partial charge in [-0.15, -0.1) is 0 Å². The minimum atomic E-state index is -4.46. The maximum Gasteiger partial charge on any atom is 0.472 e. The number of rotatable bonds is 56. The zero-order valence-corrected chi connectivity index (χ0v) is 51.6. The number of phosphoric ester groups is 1. The van der Waals surface area contributed by atoms with Crippen molar-refractivity contribution >= 4 is 19.7 Å². The Hall–Kier alpha value is -3.07. The zero-order valence-electron chi connectivity index (χ0n) is 50.7. The van der Waals surface area contributed by atoms with Crippen molar-refractivity contribution in [3.05, 3.63) is 97.2 Å². The molecule has 0 radical (unpaired) electrons. The van der Waals surface area contributed by atoms with Gasteiger partial charge in [0.2, 0.25) is 5.91 Å². The number of likely N-dealkylation sites (N-methyl/N-ethyl adjacent to an activating group) is 1. The predicted molar refractivity (Wildman–Crippen MR) is 332 cm³/mol. The van der Waals surface area contributed by atoms with Gasteiger partial charge < -0.3 is 19.4 Å². The Balaban J connectivity index is 5.28. The minimum absolute atomic E-state index is 0.0293. The SMILES string of the molecule is CCCCC/C=C\C/C=C\C/C=C\C/C=C\CCCCCCCC(=O)NC(COP(=O)(O)OCC[N+](C)(C)C)C(/C=C/CCCCCCCCCCC)OC(=O)CCCCCCCC/C=C\C/C=C\C/C=C\CCCCC. The third kappa shape index (κ3) is 57.4. The minimum Gasteiger partial charge on any atom is -0.456 e. The normalized spacial score (nSPS) is 14.3. The predicted octanol–water partition coefficient (Wildman–Crippen LogP) is 19.6. The summed E-state index contributed by atoms with van der Waals surface area (Å²) in [5.74, 6) is -0.544. The van der Waals surface area contributed by atoms with E-state index in [0.717, 1.165) is 122 Å². The van der Waals surface area contributed by atoms with E-state index in [-0.39, 0.29) is 31.5 Å². The first-order valence-corrected chi connectivity index (χ1v) is 33.1. The Bertz CT molecular complexity index is 1640. The quantitative estimate of drug-likeness (QED) is 0.0205. The molecule has 0 saturated carbocycles. The van der Waals surface area contributed by atoms with Crippen LogP contribution in [0.25, 0.3) is 0 Å². The molecule has 0 fully saturated rings. The van der Waals surface area contributed by atoms with Crippen molar-refractivity contribution in [3.63, 3.8) is 0 Å². The van der Waals surface area contributed by atoms with Gasteiger partial charge >= 0.3 is 13.8 Å². The number of nitrogens with zero attached hydrogens (tertiary/aromatic N) is 1. The third-order valence-corrected chi connectivity index (χ3v) is 14.5. The van der Waals surface area contributed by atoms with Gasteiger partial charge in [-0.3, -0.25) is 18.6 Å². The Kier molecular flexibility index (Phi) is 54.0. The second-order valence-corrected chi connectivity index (χ2v) is 23.7. The maximum absolute atomic E-state index is 13.5. The fourth-order valence-electron chi connectivity index (χ4n) is 8.58. The molecule has 0 saturated heterocycles. The van der Waals surface area contributed by atoms with Crippen molar-refractivity contribution in [2.75, 3.05) is 40.9 Å². The molecule has 0 aromatic heterocycles. The molecule has 0 aromatic carbocycles. The van der Waals surface area contributed by atoms with Gasteiger partial charge in [-0.05, 0) is 115 Å². The number of phosphoric acid groups is 1. The Morgan fingerprint density at radius 3 is 1.21 bits per heavy atom. The molecule has 9 nitrogen and oxygen atoms in total. The van der Waals surface area contributed by atoms with Crippen LogP contribution in [0.1, 0.15) is 265 Å². The van der Waals surface area contributed by atoms with Gasteiger partial charge in [0.15, 0.2) is 0 Å². The number of quaternary nitrogens is 1. The van der Waals surface area contributed by atoms with Gasteiger partial charge in [0.25, 0.3) is 0 Å². The monoisotopic (exact) mass is 1100 g/mol. The molecule has 3 unspecified atom stereocenters. The van der Waals surface area contributed by atoms with E-state index < -0.39 is 20.0 Å². The van der Waals surface area contributed by atoms with Gasteiger partial charge in [-0.2, -0.15) is 0 Å². The van der Waals surface area contributed by atoms with Crippen LogP contribution in [0.3, 0.4) is 0 Å². The highest BCUT2D eigenvalue weighted by Crippen LogP contribution is 2.43. The summed E-state index contributed by atoms with van der Waals surface area (Å²) in [5, 5.41) is 3.04. The molecule has 2 N–H and O–H groups in total. The molecule has 0 aliphatic heterocycles. The van der Waals surface area contributed by atoms with E-state index in [1.54, 1.807) is 0 Å². The number of allylic oxidation sites excluding steroid dienone is 15. The van der Waals surface area contributed by atoms with E-state index in [4.69, 9.17) is 13.8 Å². The number of unbranched alkanes of at least 4 members (excludes halogenated alkanes) is 26. The molecule has 0 bridgehead atoms. The number of hydrogen-bond acceptors (Lipinski definition) is 6. The zero-order chi connectivity index (χ0) is 56.4. The largest absolute Gasteiger partial charge is 0.472 e. The van der Waals surface area contributed by atoms with Crippen LogP contribution in [-0.4, -0.2) is 74.3 Å². The van der Waals surface area contributed by atoms with E-state index in [9.17, 15) is 19.0 Å². The maximum atomic E-state index is 13.5. The number of amides is 1. The number of hydrogen-bond donors (Lipinski definition) is 2. The first-order chi connectivity index (χ1) is 37.4. The second-order valence-electron chi connectivity index (χ2n) is 22.2. The van der Waals surface area contributed by atoms with Crippen molar-refractivity contribution in [1.82, 2.24) is 5.32 Å². The molecular weight excluding hydrogens is 976 g/mol. The molecule has 0 aromatic rings. The summed E-state index contributed by atoms with van der Waals surface area (Å²) in [4.78, 5) is 37.7. The average molecular weight is 1100 g/mol. The van der Waals surface area contributed by atoms with Crippen LogP contribution in [0.4, 0.5) is 0 Å². The summed E-state index contributed by atoms with van der Waals surface area (Å²) >= 11 is 0. The van der Waals surface area contributed by atoms with Crippen LogP contribution in [0.5, 0.6) is 0 Å². The number of ether oxygens (including phenoxy) is 1. The molecule has 1 amide bonds. The van der Waals surface area contributed by atoms with E-state index in [1.165, 1.54) is 109 Å². The summed E-state index contributed by atoms with van der Waals surface area (Å²) in [5.41, 5.74) is 0. The Labute approximate surface area is 475 Å². The Morgan fingerprint density at radius 1 is 0.455 bits per heavy atom. The van der Waals surface area contributed by atoms with Crippen LogP contribution < -0.4 is 5.32 Å². The van der Waals surface area contributed by atoms with Crippen molar-refractivity contribution in [1.29, 1.82) is 0 Å². The van der Waals surface area contributed by atoms with E-state index >= 15 is 0 Å². The first kappa shape index (κ1) is 73.9. The standard InChI is InChI=1S/C67H119N2O7P/c1-7-10-13-16-19-22-25-27-29-31-33-34-36-37-39-41-44-47-50-53-56-59-66(70)68-64(63-75-77(72,73)74-62-61-69(4,5)6)65(58-55-52-49-46-43-24-21-18-15-12-9-3)76-67(71)60-57-54-51-48-45-42-40-38-35-32-30-28-26-23-20-17-14-11-8-2/h19-20,22-23,27-30,33-35,37-39,55,58,64-65H,7-18,21,24-26,31-32,36,40-54,56-57,59-63H2,1-6H3,(H-,68,70,72,73)/p+1/b22-19-,23-20-,29-27-,30-28-,34-33-,38-35-,39-37-,58-55+. The molecule has 0 aliphatic rings. The molecule has 77 heavy (non-hydrogen) atoms. The van der Waals surface area contributed by atoms with Gasteiger partial charge in [-0.25, -0.2) is 4.57 Å². The molecule has 0 spiro atoms. The number of carbonyl (C=O) groups is 2. The van der Waals surface area contributed by atoms with Gasteiger partial charge in [0, 0.05) is 12.8 Å². The van der Waals surface area contributed by atoms with Crippen LogP contribution in [-0.2, 0) is 27.9 Å². The van der Waals surface area contributed by atoms with E-state index in [1.807, 2.05) is 33.3 Å². The third-order valence-electron chi connectivity index (χ3n) is 13.5. The molecule has 0 heterocycles. The van der Waals surface area contributed by atoms with Crippen LogP contribution >= 0.6 is 7.82 Å². The molecule has 444 valence electrons. The summed E-state index contributed by atoms with van der Waals surface area (Å²) in [6.45, 7) is 6.92. The first-order valence-electron chi connectivity index (χ1n) is 31.6. The summed E-state index contributed by atoms with van der Waals surface area (Å²) in [6.07, 6.45) is 75.4. The topological polar surface area (TPSA) is 111 Å². The van der Waals surface area contributed by atoms with Crippen molar-refractivity contribution < 1.29 is 37.3 Å². The highest BCUT2D eigenvalue weighted by Gasteiger charge is 2.30. The van der Waals surface area contributed by atoms with Crippen LogP contribution in [0.2, 0.25) is 0 Å². The fraction of sp³-hybridized carbons (Fsp3) is 0.731. The van der Waals surface area contributed by atoms with Crippen LogP contribution in [0, 0.1) is 0 Å². The van der Waals surface area contributed by atoms with Crippen molar-refractivity contribution in [2.24, 2.45) is 0 Å². The molecule has 3 atom stereocenters. The highest BCUT2D eigenvalue weighted by molar-refractivity contribution is 7.47. The average Bonchev–Trinajstić information content (AvgIpc) is 3.39. The molecule has 0 rings (SSSR count). The number of carbonyl (C=O) groups excluding carboxylic acids is 2. The highest BCUT2D eigenvalue weighted by atomic mass is 31.2. The number of nitrogens with one attached hydrogen (secondary N) is 1. The molecule has 0 aliphatic carbocycles. The van der Waals surface area contributed by atoms with Gasteiger partial charge in [0.05, 0.1) is 33.8 Å². The Morgan fingerprint density at radius 2 is 0.792 bits per heavy atom. The molecule has 10 heteroatoms. The van der Waals surface area contributed by atoms with Crippen molar-refractivity contribution in [2.45, 2.75) is 277 Å². The number of esters is 1. The van der Waals surface area contributed by atoms with E-state index in [0.29, 0.717) is 17.4 Å². The molecular formula is C67H120N2O7P+. The van der Waals surface area contributed by atoms with Gasteiger partial charge in [0.1, 0.15) is 19.3 Å². The fourth-order valence-corrected chi connectivity index (χ4v) is 9.31. The lowest BCUT2D eigenvalue weighted by atomic mass is 10.1.